The summed E-state index contributed by atoms with van der Waals surface area (Å²) in [6, 6.07) is 10.9. The van der Waals surface area contributed by atoms with E-state index in [1.807, 2.05) is 12.3 Å². The first-order valence-electron chi connectivity index (χ1n) is 7.48. The maximum Gasteiger partial charge on any atom is 0.123 e. The molecule has 2 aromatic rings. The van der Waals surface area contributed by atoms with Crippen LogP contribution in [-0.2, 0) is 13.0 Å². The number of ether oxygens (including phenoxy) is 1. The maximum absolute atomic E-state index is 5.92. The molecule has 0 bridgehead atoms. The molecule has 0 saturated heterocycles. The zero-order valence-corrected chi connectivity index (χ0v) is 12.9. The predicted molar refractivity (Wildman–Crippen MR) is 84.3 cm³/mol. The number of hydrogen-bond donors (Lipinski definition) is 1. The molecule has 3 heteroatoms. The van der Waals surface area contributed by atoms with Gasteiger partial charge in [0.2, 0.25) is 0 Å². The number of pyridine rings is 1. The summed E-state index contributed by atoms with van der Waals surface area (Å²) in [6.07, 6.45) is 4.70. The highest BCUT2D eigenvalue weighted by atomic mass is 16.5. The molecule has 1 aromatic heterocycles. The third-order valence-corrected chi connectivity index (χ3v) is 3.92. The van der Waals surface area contributed by atoms with Crippen molar-refractivity contribution in [1.29, 1.82) is 0 Å². The average molecular weight is 282 g/mol. The quantitative estimate of drug-likeness (QED) is 0.929. The lowest BCUT2D eigenvalue weighted by molar-refractivity contribution is 0.138. The minimum Gasteiger partial charge on any atom is -0.487 e. The summed E-state index contributed by atoms with van der Waals surface area (Å²) in [5, 5.41) is 3.55. The van der Waals surface area contributed by atoms with Gasteiger partial charge in [0, 0.05) is 31.4 Å². The van der Waals surface area contributed by atoms with Gasteiger partial charge in [-0.1, -0.05) is 18.2 Å². The summed E-state index contributed by atoms with van der Waals surface area (Å²) in [4.78, 5) is 4.17. The number of nitrogens with one attached hydrogen (secondary N) is 1. The van der Waals surface area contributed by atoms with E-state index in [4.69, 9.17) is 4.74 Å². The van der Waals surface area contributed by atoms with Crippen LogP contribution in [0.25, 0.3) is 0 Å². The van der Waals surface area contributed by atoms with Gasteiger partial charge < -0.3 is 10.1 Å². The molecular formula is C18H22N2O. The summed E-state index contributed by atoms with van der Waals surface area (Å²) in [6.45, 7) is 7.28. The molecule has 1 aliphatic heterocycles. The van der Waals surface area contributed by atoms with Gasteiger partial charge in [-0.05, 0) is 49.6 Å². The Morgan fingerprint density at radius 1 is 1.33 bits per heavy atom. The van der Waals surface area contributed by atoms with Gasteiger partial charge >= 0.3 is 0 Å². The molecule has 0 aliphatic carbocycles. The molecule has 1 aliphatic rings. The lowest BCUT2D eigenvalue weighted by Crippen LogP contribution is -2.24. The van der Waals surface area contributed by atoms with Gasteiger partial charge in [0.05, 0.1) is 0 Å². The van der Waals surface area contributed by atoms with E-state index in [2.05, 4.69) is 55.3 Å². The Kier molecular flexibility index (Phi) is 3.68. The zero-order chi connectivity index (χ0) is 14.9. The van der Waals surface area contributed by atoms with Crippen molar-refractivity contribution in [1.82, 2.24) is 10.3 Å². The molecule has 3 nitrogen and oxygen atoms in total. The molecule has 0 amide bonds. The summed E-state index contributed by atoms with van der Waals surface area (Å²) >= 11 is 0. The summed E-state index contributed by atoms with van der Waals surface area (Å²) in [5.41, 5.74) is 3.75. The normalized spacial score (nSPS) is 17.1. The first-order chi connectivity index (χ1) is 10.0. The van der Waals surface area contributed by atoms with Crippen molar-refractivity contribution >= 4 is 0 Å². The fourth-order valence-corrected chi connectivity index (χ4v) is 2.79. The van der Waals surface area contributed by atoms with Crippen LogP contribution in [0.2, 0.25) is 0 Å². The van der Waals surface area contributed by atoms with E-state index in [0.717, 1.165) is 18.7 Å². The van der Waals surface area contributed by atoms with Crippen LogP contribution in [0, 0.1) is 0 Å². The van der Waals surface area contributed by atoms with E-state index in [1.165, 1.54) is 16.7 Å². The van der Waals surface area contributed by atoms with Crippen LogP contribution in [-0.4, -0.2) is 10.6 Å². The number of nitrogens with zero attached hydrogens (tertiary/aromatic N) is 1. The van der Waals surface area contributed by atoms with Crippen LogP contribution >= 0.6 is 0 Å². The Hall–Kier alpha value is -1.87. The smallest absolute Gasteiger partial charge is 0.123 e. The van der Waals surface area contributed by atoms with E-state index in [0.29, 0.717) is 6.04 Å². The van der Waals surface area contributed by atoms with Crippen LogP contribution in [0.1, 0.15) is 43.5 Å². The second kappa shape index (κ2) is 5.49. The summed E-state index contributed by atoms with van der Waals surface area (Å²) in [7, 11) is 0. The molecule has 0 radical (unpaired) electrons. The molecule has 110 valence electrons. The molecule has 1 aromatic carbocycles. The minimum absolute atomic E-state index is 0.0720. The zero-order valence-electron chi connectivity index (χ0n) is 12.9. The van der Waals surface area contributed by atoms with Gasteiger partial charge in [0.1, 0.15) is 11.4 Å². The van der Waals surface area contributed by atoms with Crippen LogP contribution in [0.5, 0.6) is 5.75 Å². The number of rotatable bonds is 4. The van der Waals surface area contributed by atoms with Gasteiger partial charge in [-0.2, -0.15) is 0 Å². The molecule has 1 atom stereocenters. The van der Waals surface area contributed by atoms with Crippen molar-refractivity contribution in [2.45, 2.75) is 45.4 Å². The third kappa shape index (κ3) is 3.24. The summed E-state index contributed by atoms with van der Waals surface area (Å²) < 4.78 is 5.92. The van der Waals surface area contributed by atoms with Crippen LogP contribution in [0.3, 0.4) is 0 Å². The standard InChI is InChI=1S/C18H22N2O/c1-13(15-5-4-8-19-12-15)20-11-14-6-7-17-16(9-14)10-18(2,3)21-17/h4-9,12-13,20H,10-11H2,1-3H3. The van der Waals surface area contributed by atoms with E-state index in [1.54, 1.807) is 6.20 Å². The Balaban J connectivity index is 1.65. The molecule has 1 unspecified atom stereocenters. The monoisotopic (exact) mass is 282 g/mol. The molecule has 0 saturated carbocycles. The molecule has 3 rings (SSSR count). The molecule has 0 spiro atoms. The van der Waals surface area contributed by atoms with Crippen molar-refractivity contribution < 1.29 is 4.74 Å². The minimum atomic E-state index is -0.0720. The van der Waals surface area contributed by atoms with Gasteiger partial charge in [-0.25, -0.2) is 0 Å². The molecule has 2 heterocycles. The summed E-state index contributed by atoms with van der Waals surface area (Å²) in [5.74, 6) is 1.03. The molecule has 21 heavy (non-hydrogen) atoms. The van der Waals surface area contributed by atoms with E-state index in [-0.39, 0.29) is 5.60 Å². The Morgan fingerprint density at radius 3 is 2.95 bits per heavy atom. The van der Waals surface area contributed by atoms with Gasteiger partial charge in [0.15, 0.2) is 0 Å². The molecule has 1 N–H and O–H groups in total. The van der Waals surface area contributed by atoms with Crippen molar-refractivity contribution in [3.05, 3.63) is 59.4 Å². The topological polar surface area (TPSA) is 34.1 Å². The van der Waals surface area contributed by atoms with E-state index < -0.39 is 0 Å². The fourth-order valence-electron chi connectivity index (χ4n) is 2.79. The highest BCUT2D eigenvalue weighted by molar-refractivity contribution is 5.41. The van der Waals surface area contributed by atoms with Crippen LogP contribution in [0.15, 0.2) is 42.7 Å². The van der Waals surface area contributed by atoms with Crippen LogP contribution < -0.4 is 10.1 Å². The third-order valence-electron chi connectivity index (χ3n) is 3.92. The number of fused-ring (bicyclic) bond motifs is 1. The van der Waals surface area contributed by atoms with Crippen LogP contribution in [0.4, 0.5) is 0 Å². The lowest BCUT2D eigenvalue weighted by Gasteiger charge is -2.16. The van der Waals surface area contributed by atoms with Gasteiger partial charge in [-0.15, -0.1) is 0 Å². The largest absolute Gasteiger partial charge is 0.487 e. The first-order valence-corrected chi connectivity index (χ1v) is 7.48. The highest BCUT2D eigenvalue weighted by Gasteiger charge is 2.29. The van der Waals surface area contributed by atoms with Gasteiger partial charge in [0.25, 0.3) is 0 Å². The fraction of sp³-hybridized carbons (Fsp3) is 0.389. The average Bonchev–Trinajstić information content (AvgIpc) is 2.78. The highest BCUT2D eigenvalue weighted by Crippen LogP contribution is 2.35. The Morgan fingerprint density at radius 2 is 2.19 bits per heavy atom. The van der Waals surface area contributed by atoms with Gasteiger partial charge in [-0.3, -0.25) is 4.98 Å². The second-order valence-electron chi connectivity index (χ2n) is 6.37. The second-order valence-corrected chi connectivity index (χ2v) is 6.37. The predicted octanol–water partition coefficient (Wildman–Crippen LogP) is 3.65. The van der Waals surface area contributed by atoms with Crippen molar-refractivity contribution in [2.75, 3.05) is 0 Å². The van der Waals surface area contributed by atoms with E-state index in [9.17, 15) is 0 Å². The maximum atomic E-state index is 5.92. The number of benzene rings is 1. The van der Waals surface area contributed by atoms with Crippen molar-refractivity contribution in [3.63, 3.8) is 0 Å². The van der Waals surface area contributed by atoms with Crippen molar-refractivity contribution in [2.24, 2.45) is 0 Å². The van der Waals surface area contributed by atoms with E-state index >= 15 is 0 Å². The SMILES string of the molecule is CC(NCc1ccc2c(c1)CC(C)(C)O2)c1cccnc1. The molecule has 0 fully saturated rings. The first kappa shape index (κ1) is 14.1. The Labute approximate surface area is 126 Å². The Bertz CT molecular complexity index is 622. The number of hydrogen-bond acceptors (Lipinski definition) is 3. The molecular weight excluding hydrogens is 260 g/mol. The van der Waals surface area contributed by atoms with Crippen molar-refractivity contribution in [3.8, 4) is 5.75 Å². The number of aromatic nitrogens is 1. The lowest BCUT2D eigenvalue weighted by atomic mass is 10.00.